The lowest BCUT2D eigenvalue weighted by Gasteiger charge is -2.42. The van der Waals surface area contributed by atoms with Crippen LogP contribution < -0.4 is 0 Å². The first kappa shape index (κ1) is 19.2. The molecule has 23 heavy (non-hydrogen) atoms. The average molecular weight is 351 g/mol. The van der Waals surface area contributed by atoms with Gasteiger partial charge in [0.1, 0.15) is 0 Å². The van der Waals surface area contributed by atoms with Crippen LogP contribution in [0.4, 0.5) is 0 Å². The van der Waals surface area contributed by atoms with E-state index >= 15 is 0 Å². The van der Waals surface area contributed by atoms with Crippen molar-refractivity contribution in [2.45, 2.75) is 93.9 Å². The Labute approximate surface area is 152 Å². The van der Waals surface area contributed by atoms with Gasteiger partial charge in [0.15, 0.2) is 0 Å². The van der Waals surface area contributed by atoms with Crippen LogP contribution in [-0.4, -0.2) is 9.49 Å². The van der Waals surface area contributed by atoms with Gasteiger partial charge in [-0.25, -0.2) is 0 Å². The summed E-state index contributed by atoms with van der Waals surface area (Å²) in [5.74, 6) is 0.679. The highest BCUT2D eigenvalue weighted by atomic mass is 32.2. The molecule has 1 aromatic rings. The largest absolute Gasteiger partial charge is 0.118 e. The Hall–Kier alpha value is -0.0800. The van der Waals surface area contributed by atoms with E-state index in [9.17, 15) is 0 Å². The number of benzene rings is 1. The molecule has 2 heteroatoms. The van der Waals surface area contributed by atoms with E-state index in [1.54, 1.807) is 0 Å². The van der Waals surface area contributed by atoms with Gasteiger partial charge in [-0.3, -0.25) is 0 Å². The lowest BCUT2D eigenvalue weighted by molar-refractivity contribution is 0.329. The minimum atomic E-state index is 0.309. The van der Waals surface area contributed by atoms with E-state index in [-0.39, 0.29) is 0 Å². The fraction of sp³-hybridized carbons (Fsp3) is 0.714. The Bertz CT molecular complexity index is 557. The zero-order valence-corrected chi connectivity index (χ0v) is 17.9. The lowest BCUT2D eigenvalue weighted by atomic mass is 9.80. The first-order valence-corrected chi connectivity index (χ1v) is 10.7. The predicted octanol–water partition coefficient (Wildman–Crippen LogP) is 7.45. The topological polar surface area (TPSA) is 0 Å². The van der Waals surface area contributed by atoms with Crippen molar-refractivity contribution in [3.05, 3.63) is 23.8 Å². The van der Waals surface area contributed by atoms with E-state index in [2.05, 4.69) is 97.1 Å². The zero-order valence-electron chi connectivity index (χ0n) is 16.2. The minimum absolute atomic E-state index is 0.309. The smallest absolute Gasteiger partial charge is 0.0217 e. The molecule has 0 amide bonds. The van der Waals surface area contributed by atoms with E-state index in [0.717, 1.165) is 6.42 Å². The molecule has 3 atom stereocenters. The molecular formula is C21H34S2. The van der Waals surface area contributed by atoms with E-state index in [4.69, 9.17) is 0 Å². The summed E-state index contributed by atoms with van der Waals surface area (Å²) in [6.07, 6.45) is 3.59. The predicted molar refractivity (Wildman–Crippen MR) is 108 cm³/mol. The second-order valence-corrected chi connectivity index (χ2v) is 11.9. The highest BCUT2D eigenvalue weighted by Crippen LogP contribution is 2.57. The molecule has 1 aromatic carbocycles. The van der Waals surface area contributed by atoms with E-state index in [1.165, 1.54) is 28.2 Å². The highest BCUT2D eigenvalue weighted by Gasteiger charge is 2.45. The Balaban J connectivity index is 2.47. The van der Waals surface area contributed by atoms with E-state index < -0.39 is 0 Å². The second-order valence-electron chi connectivity index (χ2n) is 8.78. The zero-order chi connectivity index (χ0) is 17.5. The quantitative estimate of drug-likeness (QED) is 0.555. The molecule has 0 aromatic heterocycles. The SMILES string of the molecule is CCC1(C)Sc2ccc(CC(C)(C)C)cc2SC(C)(CC)C1C. The summed E-state index contributed by atoms with van der Waals surface area (Å²) >= 11 is 4.24. The third-order valence-corrected chi connectivity index (χ3v) is 9.14. The van der Waals surface area contributed by atoms with Gasteiger partial charge in [0.2, 0.25) is 0 Å². The van der Waals surface area contributed by atoms with Gasteiger partial charge in [-0.1, -0.05) is 47.6 Å². The van der Waals surface area contributed by atoms with Gasteiger partial charge < -0.3 is 0 Å². The molecule has 0 fully saturated rings. The monoisotopic (exact) mass is 350 g/mol. The van der Waals surface area contributed by atoms with Crippen molar-refractivity contribution < 1.29 is 0 Å². The fourth-order valence-corrected chi connectivity index (χ4v) is 6.69. The van der Waals surface area contributed by atoms with Gasteiger partial charge in [-0.15, -0.1) is 23.5 Å². The van der Waals surface area contributed by atoms with Crippen molar-refractivity contribution in [1.82, 2.24) is 0 Å². The molecule has 2 rings (SSSR count). The number of hydrogen-bond donors (Lipinski definition) is 0. The maximum atomic E-state index is 2.47. The van der Waals surface area contributed by atoms with Crippen molar-refractivity contribution in [2.24, 2.45) is 11.3 Å². The first-order chi connectivity index (χ1) is 10.5. The van der Waals surface area contributed by atoms with Gasteiger partial charge in [-0.05, 0) is 62.1 Å². The molecule has 0 nitrogen and oxygen atoms in total. The van der Waals surface area contributed by atoms with Crippen molar-refractivity contribution >= 4 is 23.5 Å². The van der Waals surface area contributed by atoms with Gasteiger partial charge in [0.05, 0.1) is 0 Å². The fourth-order valence-electron chi connectivity index (χ4n) is 3.52. The van der Waals surface area contributed by atoms with Crippen molar-refractivity contribution in [3.8, 4) is 0 Å². The van der Waals surface area contributed by atoms with Crippen molar-refractivity contribution in [2.75, 3.05) is 0 Å². The van der Waals surface area contributed by atoms with Crippen molar-refractivity contribution in [1.29, 1.82) is 0 Å². The van der Waals surface area contributed by atoms with Gasteiger partial charge >= 0.3 is 0 Å². The van der Waals surface area contributed by atoms with Crippen LogP contribution in [0.5, 0.6) is 0 Å². The summed E-state index contributed by atoms with van der Waals surface area (Å²) in [7, 11) is 0. The van der Waals surface area contributed by atoms with Gasteiger partial charge in [-0.2, -0.15) is 0 Å². The van der Waals surface area contributed by atoms with Crippen LogP contribution in [0.15, 0.2) is 28.0 Å². The first-order valence-electron chi connectivity index (χ1n) is 9.04. The van der Waals surface area contributed by atoms with E-state index in [0.29, 0.717) is 20.8 Å². The molecule has 0 radical (unpaired) electrons. The highest BCUT2D eigenvalue weighted by molar-refractivity contribution is 8.04. The number of rotatable bonds is 3. The molecule has 1 heterocycles. The Morgan fingerprint density at radius 3 is 1.96 bits per heavy atom. The molecule has 1 aliphatic heterocycles. The third-order valence-electron chi connectivity index (χ3n) is 5.66. The summed E-state index contributed by atoms with van der Waals surface area (Å²) in [6, 6.07) is 7.21. The number of fused-ring (bicyclic) bond motifs is 1. The van der Waals surface area contributed by atoms with Crippen molar-refractivity contribution in [3.63, 3.8) is 0 Å². The second kappa shape index (κ2) is 6.67. The molecule has 0 saturated heterocycles. The third kappa shape index (κ3) is 4.12. The van der Waals surface area contributed by atoms with Crippen LogP contribution in [-0.2, 0) is 6.42 Å². The summed E-state index contributed by atoms with van der Waals surface area (Å²) in [4.78, 5) is 2.99. The molecule has 0 spiro atoms. The summed E-state index contributed by atoms with van der Waals surface area (Å²) in [6.45, 7) is 19.1. The van der Waals surface area contributed by atoms with Crippen LogP contribution >= 0.6 is 23.5 Å². The number of hydrogen-bond acceptors (Lipinski definition) is 2. The maximum absolute atomic E-state index is 2.47. The molecule has 1 aliphatic rings. The summed E-state index contributed by atoms with van der Waals surface area (Å²) < 4.78 is 0.623. The maximum Gasteiger partial charge on any atom is 0.0217 e. The normalized spacial score (nSPS) is 31.6. The molecule has 3 unspecified atom stereocenters. The van der Waals surface area contributed by atoms with Crippen LogP contribution in [0.1, 0.15) is 73.8 Å². The summed E-state index contributed by atoms with van der Waals surface area (Å²) in [5, 5.41) is 0. The van der Waals surface area contributed by atoms with Crippen LogP contribution in [0, 0.1) is 11.3 Å². The van der Waals surface area contributed by atoms with Crippen LogP contribution in [0.2, 0.25) is 0 Å². The minimum Gasteiger partial charge on any atom is -0.118 e. The van der Waals surface area contributed by atoms with Crippen LogP contribution in [0.3, 0.4) is 0 Å². The Kier molecular flexibility index (Phi) is 5.58. The number of thioether (sulfide) groups is 2. The van der Waals surface area contributed by atoms with Crippen LogP contribution in [0.25, 0.3) is 0 Å². The molecular weight excluding hydrogens is 316 g/mol. The Morgan fingerprint density at radius 1 is 0.957 bits per heavy atom. The molecule has 0 bridgehead atoms. The molecule has 0 saturated carbocycles. The Morgan fingerprint density at radius 2 is 1.48 bits per heavy atom. The van der Waals surface area contributed by atoms with Gasteiger partial charge in [0.25, 0.3) is 0 Å². The molecule has 0 N–H and O–H groups in total. The van der Waals surface area contributed by atoms with E-state index in [1.807, 2.05) is 0 Å². The average Bonchev–Trinajstić information content (AvgIpc) is 2.54. The molecule has 0 aliphatic carbocycles. The standard InChI is InChI=1S/C21H34S2/c1-9-20(7)15(3)21(8,10-2)23-18-13-16(14-19(4,5)6)11-12-17(18)22-20/h11-13,15H,9-10,14H2,1-8H3. The lowest BCUT2D eigenvalue weighted by Crippen LogP contribution is -2.41. The molecule has 130 valence electrons. The summed E-state index contributed by atoms with van der Waals surface area (Å²) in [5.41, 5.74) is 1.83. The van der Waals surface area contributed by atoms with Gasteiger partial charge in [0, 0.05) is 19.3 Å².